The van der Waals surface area contributed by atoms with Crippen LogP contribution in [0.2, 0.25) is 0 Å². The fourth-order valence-corrected chi connectivity index (χ4v) is 2.29. The van der Waals surface area contributed by atoms with Gasteiger partial charge in [-0.05, 0) is 38.4 Å². The zero-order valence-electron chi connectivity index (χ0n) is 14.0. The molecule has 128 valence electrons. The van der Waals surface area contributed by atoms with Crippen LogP contribution in [0.5, 0.6) is 0 Å². The Morgan fingerprint density at radius 2 is 1.67 bits per heavy atom. The van der Waals surface area contributed by atoms with Crippen molar-refractivity contribution < 1.29 is 4.79 Å². The highest BCUT2D eigenvalue weighted by atomic mass is 35.5. The van der Waals surface area contributed by atoms with Gasteiger partial charge in [0, 0.05) is 32.6 Å². The van der Waals surface area contributed by atoms with Crippen molar-refractivity contribution in [2.75, 3.05) is 46.3 Å². The van der Waals surface area contributed by atoms with Gasteiger partial charge in [-0.25, -0.2) is 0 Å². The number of rotatable bonds is 6. The molecule has 0 aliphatic carbocycles. The highest BCUT2D eigenvalue weighted by Crippen LogP contribution is 2.19. The third kappa shape index (κ3) is 10.3. The van der Waals surface area contributed by atoms with E-state index in [1.54, 1.807) is 0 Å². The summed E-state index contributed by atoms with van der Waals surface area (Å²) in [5, 5.41) is 3.08. The van der Waals surface area contributed by atoms with Gasteiger partial charge in [-0.3, -0.25) is 9.69 Å². The molecule has 1 aliphatic rings. The van der Waals surface area contributed by atoms with Crippen molar-refractivity contribution in [1.29, 1.82) is 0 Å². The maximum atomic E-state index is 12.0. The maximum absolute atomic E-state index is 12.0. The molecule has 0 aromatic rings. The first-order chi connectivity index (χ1) is 8.92. The number of carbonyl (C=O) groups excluding carboxylic acids is 1. The summed E-state index contributed by atoms with van der Waals surface area (Å²) in [6.07, 6.45) is 2.85. The third-order valence-electron chi connectivity index (χ3n) is 3.72. The fourth-order valence-electron chi connectivity index (χ4n) is 2.29. The fraction of sp³-hybridized carbons (Fsp3) is 0.933. The highest BCUT2D eigenvalue weighted by Gasteiger charge is 2.21. The summed E-state index contributed by atoms with van der Waals surface area (Å²) < 4.78 is 0. The van der Waals surface area contributed by atoms with Crippen LogP contribution in [0, 0.1) is 5.41 Å². The van der Waals surface area contributed by atoms with Crippen molar-refractivity contribution in [3.63, 3.8) is 0 Å². The number of halogens is 2. The first kappa shape index (κ1) is 23.2. The molecule has 21 heavy (non-hydrogen) atoms. The molecule has 0 atom stereocenters. The van der Waals surface area contributed by atoms with E-state index >= 15 is 0 Å². The molecule has 1 fully saturated rings. The lowest BCUT2D eigenvalue weighted by Crippen LogP contribution is -2.49. The van der Waals surface area contributed by atoms with Gasteiger partial charge >= 0.3 is 0 Å². The molecule has 1 N–H and O–H groups in total. The van der Waals surface area contributed by atoms with Crippen LogP contribution in [0.1, 0.15) is 40.0 Å². The Labute approximate surface area is 142 Å². The summed E-state index contributed by atoms with van der Waals surface area (Å²) in [4.78, 5) is 16.5. The largest absolute Gasteiger partial charge is 0.340 e. The first-order valence-electron chi connectivity index (χ1n) is 7.57. The van der Waals surface area contributed by atoms with Gasteiger partial charge in [0.25, 0.3) is 0 Å². The Balaban J connectivity index is 0. The molecule has 1 rings (SSSR count). The monoisotopic (exact) mass is 341 g/mol. The van der Waals surface area contributed by atoms with Crippen LogP contribution in [-0.2, 0) is 4.79 Å². The average molecular weight is 342 g/mol. The van der Waals surface area contributed by atoms with Crippen molar-refractivity contribution >= 4 is 30.7 Å². The third-order valence-corrected chi connectivity index (χ3v) is 3.72. The van der Waals surface area contributed by atoms with Gasteiger partial charge in [0.1, 0.15) is 0 Å². The molecule has 0 radical (unpaired) electrons. The molecule has 0 aromatic carbocycles. The quantitative estimate of drug-likeness (QED) is 0.753. The zero-order chi connectivity index (χ0) is 14.3. The molecule has 4 nitrogen and oxygen atoms in total. The van der Waals surface area contributed by atoms with Crippen LogP contribution in [0.25, 0.3) is 0 Å². The Hall–Kier alpha value is -0.0300. The van der Waals surface area contributed by atoms with Crippen LogP contribution in [0.15, 0.2) is 0 Å². The molecule has 1 heterocycles. The van der Waals surface area contributed by atoms with Crippen molar-refractivity contribution in [3.05, 3.63) is 0 Å². The molecule has 0 spiro atoms. The van der Waals surface area contributed by atoms with Gasteiger partial charge in [-0.15, -0.1) is 24.8 Å². The van der Waals surface area contributed by atoms with Crippen molar-refractivity contribution in [2.24, 2.45) is 5.41 Å². The topological polar surface area (TPSA) is 35.6 Å². The second-order valence-corrected chi connectivity index (χ2v) is 6.74. The standard InChI is InChI=1S/C15H31N3O.2ClH/c1-15(2,3)7-9-17-10-12-18(13-11-17)14(19)6-5-8-16-4;;/h16H,5-13H2,1-4H3;2*1H. The molecule has 1 aliphatic heterocycles. The predicted molar refractivity (Wildman–Crippen MR) is 94.7 cm³/mol. The van der Waals surface area contributed by atoms with Crippen LogP contribution in [0.4, 0.5) is 0 Å². The van der Waals surface area contributed by atoms with Crippen LogP contribution in [-0.4, -0.2) is 62.0 Å². The van der Waals surface area contributed by atoms with E-state index in [0.717, 1.165) is 45.7 Å². The summed E-state index contributed by atoms with van der Waals surface area (Å²) in [6, 6.07) is 0. The molecule has 0 unspecified atom stereocenters. The van der Waals surface area contributed by atoms with E-state index in [-0.39, 0.29) is 24.8 Å². The second-order valence-electron chi connectivity index (χ2n) is 6.74. The van der Waals surface area contributed by atoms with Gasteiger partial charge in [0.2, 0.25) is 5.91 Å². The summed E-state index contributed by atoms with van der Waals surface area (Å²) in [5.74, 6) is 0.325. The van der Waals surface area contributed by atoms with Crippen molar-refractivity contribution in [1.82, 2.24) is 15.1 Å². The number of carbonyl (C=O) groups is 1. The van der Waals surface area contributed by atoms with Gasteiger partial charge in [-0.1, -0.05) is 20.8 Å². The summed E-state index contributed by atoms with van der Waals surface area (Å²) in [7, 11) is 1.93. The predicted octanol–water partition coefficient (Wildman–Crippen LogP) is 2.41. The lowest BCUT2D eigenvalue weighted by molar-refractivity contribution is -0.133. The normalized spacial score (nSPS) is 16.1. The van der Waals surface area contributed by atoms with E-state index in [4.69, 9.17) is 0 Å². The highest BCUT2D eigenvalue weighted by molar-refractivity contribution is 5.85. The van der Waals surface area contributed by atoms with E-state index in [1.807, 2.05) is 11.9 Å². The molecule has 0 aromatic heterocycles. The van der Waals surface area contributed by atoms with E-state index in [0.29, 0.717) is 17.7 Å². The van der Waals surface area contributed by atoms with Gasteiger partial charge in [-0.2, -0.15) is 0 Å². The number of nitrogens with zero attached hydrogens (tertiary/aromatic N) is 2. The van der Waals surface area contributed by atoms with Crippen LogP contribution in [0.3, 0.4) is 0 Å². The minimum Gasteiger partial charge on any atom is -0.340 e. The Morgan fingerprint density at radius 1 is 1.10 bits per heavy atom. The summed E-state index contributed by atoms with van der Waals surface area (Å²) in [5.41, 5.74) is 0.403. The number of amides is 1. The Morgan fingerprint density at radius 3 is 2.14 bits per heavy atom. The molecular weight excluding hydrogens is 309 g/mol. The smallest absolute Gasteiger partial charge is 0.222 e. The number of nitrogens with one attached hydrogen (secondary N) is 1. The minimum absolute atomic E-state index is 0. The van der Waals surface area contributed by atoms with Gasteiger partial charge in [0.05, 0.1) is 0 Å². The van der Waals surface area contributed by atoms with Crippen molar-refractivity contribution in [2.45, 2.75) is 40.0 Å². The molecule has 6 heteroatoms. The van der Waals surface area contributed by atoms with E-state index < -0.39 is 0 Å². The van der Waals surface area contributed by atoms with E-state index in [9.17, 15) is 4.79 Å². The number of hydrogen-bond donors (Lipinski definition) is 1. The molecular formula is C15H33Cl2N3O. The molecule has 0 bridgehead atoms. The van der Waals surface area contributed by atoms with Crippen LogP contribution >= 0.6 is 24.8 Å². The lowest BCUT2D eigenvalue weighted by atomic mass is 9.92. The number of piperazine rings is 1. The lowest BCUT2D eigenvalue weighted by Gasteiger charge is -2.36. The zero-order valence-corrected chi connectivity index (χ0v) is 15.6. The van der Waals surface area contributed by atoms with Gasteiger partial charge < -0.3 is 10.2 Å². The van der Waals surface area contributed by atoms with E-state index in [2.05, 4.69) is 31.0 Å². The Kier molecular flexibility index (Phi) is 12.8. The summed E-state index contributed by atoms with van der Waals surface area (Å²) in [6.45, 7) is 12.8. The minimum atomic E-state index is 0. The Bertz CT molecular complexity index is 275. The number of hydrogen-bond acceptors (Lipinski definition) is 3. The van der Waals surface area contributed by atoms with Crippen LogP contribution < -0.4 is 5.32 Å². The molecule has 1 saturated heterocycles. The first-order valence-corrected chi connectivity index (χ1v) is 7.57. The maximum Gasteiger partial charge on any atom is 0.222 e. The van der Waals surface area contributed by atoms with Gasteiger partial charge in [0.15, 0.2) is 0 Å². The van der Waals surface area contributed by atoms with E-state index in [1.165, 1.54) is 6.42 Å². The second kappa shape index (κ2) is 11.5. The van der Waals surface area contributed by atoms with Crippen molar-refractivity contribution in [3.8, 4) is 0 Å². The SMILES string of the molecule is CNCCCC(=O)N1CCN(CCC(C)(C)C)CC1.Cl.Cl. The molecule has 1 amide bonds. The molecule has 0 saturated carbocycles. The average Bonchev–Trinajstić information content (AvgIpc) is 2.36. The summed E-state index contributed by atoms with van der Waals surface area (Å²) >= 11 is 0.